The van der Waals surface area contributed by atoms with Crippen LogP contribution in [0.2, 0.25) is 0 Å². The first-order valence-electron chi connectivity index (χ1n) is 10.6. The van der Waals surface area contributed by atoms with Gasteiger partial charge >= 0.3 is 0 Å². The number of hydrogen-bond donors (Lipinski definition) is 0. The third-order valence-corrected chi connectivity index (χ3v) is 6.27. The molecular formula is C21H36N4O2. The molecule has 0 unspecified atom stereocenters. The topological polar surface area (TPSA) is 50.6 Å². The Hall–Kier alpha value is -1.40. The van der Waals surface area contributed by atoms with Gasteiger partial charge in [-0.25, -0.2) is 0 Å². The van der Waals surface area contributed by atoms with Crippen LogP contribution in [0.5, 0.6) is 0 Å². The molecule has 0 spiro atoms. The number of rotatable bonds is 7. The van der Waals surface area contributed by atoms with Gasteiger partial charge in [0.25, 0.3) is 0 Å². The van der Waals surface area contributed by atoms with Gasteiger partial charge in [-0.1, -0.05) is 6.92 Å². The summed E-state index contributed by atoms with van der Waals surface area (Å²) >= 11 is 0. The number of hydrogen-bond acceptors (Lipinski definition) is 4. The molecule has 4 atom stereocenters. The third kappa shape index (κ3) is 5.11. The molecule has 1 aromatic rings. The van der Waals surface area contributed by atoms with Crippen LogP contribution in [0, 0.1) is 5.92 Å². The number of carbonyl (C=O) groups is 1. The SMILES string of the molecule is CCN1CCC[C@@H](CN(C)C(=O)CC[C@@H]2CC[C@@H](C)O2)[C@@H]1c1cnn(C)c1. The summed E-state index contributed by atoms with van der Waals surface area (Å²) in [6, 6.07) is 0.353. The van der Waals surface area contributed by atoms with E-state index in [0.29, 0.717) is 24.5 Å². The first-order valence-corrected chi connectivity index (χ1v) is 10.6. The maximum atomic E-state index is 12.7. The van der Waals surface area contributed by atoms with E-state index in [0.717, 1.165) is 45.3 Å². The molecule has 0 radical (unpaired) electrons. The van der Waals surface area contributed by atoms with Crippen LogP contribution in [-0.2, 0) is 16.6 Å². The largest absolute Gasteiger partial charge is 0.375 e. The summed E-state index contributed by atoms with van der Waals surface area (Å²) in [5, 5.41) is 4.38. The third-order valence-electron chi connectivity index (χ3n) is 6.27. The van der Waals surface area contributed by atoms with Crippen LogP contribution >= 0.6 is 0 Å². The lowest BCUT2D eigenvalue weighted by Crippen LogP contribution is -2.44. The Kier molecular flexibility index (Phi) is 6.93. The lowest BCUT2D eigenvalue weighted by molar-refractivity contribution is -0.131. The number of ether oxygens (including phenoxy) is 1. The van der Waals surface area contributed by atoms with Crippen molar-refractivity contribution in [2.75, 3.05) is 26.7 Å². The van der Waals surface area contributed by atoms with Crippen LogP contribution in [0.4, 0.5) is 0 Å². The van der Waals surface area contributed by atoms with Crippen molar-refractivity contribution in [1.29, 1.82) is 0 Å². The van der Waals surface area contributed by atoms with Crippen molar-refractivity contribution in [3.8, 4) is 0 Å². The molecule has 1 amide bonds. The van der Waals surface area contributed by atoms with Crippen molar-refractivity contribution >= 4 is 5.91 Å². The average molecular weight is 377 g/mol. The van der Waals surface area contributed by atoms with Crippen LogP contribution in [0.15, 0.2) is 12.4 Å². The van der Waals surface area contributed by atoms with Crippen molar-refractivity contribution in [2.45, 2.75) is 70.6 Å². The summed E-state index contributed by atoms with van der Waals surface area (Å²) < 4.78 is 7.74. The smallest absolute Gasteiger partial charge is 0.222 e. The molecular weight excluding hydrogens is 340 g/mol. The molecule has 6 heteroatoms. The summed E-state index contributed by atoms with van der Waals surface area (Å²) in [6.07, 6.45) is 10.8. The molecule has 2 saturated heterocycles. The predicted octanol–water partition coefficient (Wildman–Crippen LogP) is 3.00. The van der Waals surface area contributed by atoms with E-state index in [1.165, 1.54) is 12.0 Å². The molecule has 0 saturated carbocycles. The Morgan fingerprint density at radius 2 is 2.19 bits per heavy atom. The van der Waals surface area contributed by atoms with Crippen molar-refractivity contribution in [1.82, 2.24) is 19.6 Å². The summed E-state index contributed by atoms with van der Waals surface area (Å²) in [5.41, 5.74) is 1.28. The van der Waals surface area contributed by atoms with E-state index in [2.05, 4.69) is 30.0 Å². The van der Waals surface area contributed by atoms with Gasteiger partial charge in [0.2, 0.25) is 5.91 Å². The minimum absolute atomic E-state index is 0.247. The minimum atomic E-state index is 0.247. The Labute approximate surface area is 163 Å². The van der Waals surface area contributed by atoms with Crippen LogP contribution in [0.1, 0.15) is 64.0 Å². The molecule has 0 bridgehead atoms. The van der Waals surface area contributed by atoms with Crippen LogP contribution in [0.25, 0.3) is 0 Å². The second-order valence-electron chi connectivity index (χ2n) is 8.38. The molecule has 0 N–H and O–H groups in total. The van der Waals surface area contributed by atoms with Gasteiger partial charge in [-0.05, 0) is 58.0 Å². The predicted molar refractivity (Wildman–Crippen MR) is 106 cm³/mol. The summed E-state index contributed by atoms with van der Waals surface area (Å²) in [7, 11) is 3.94. The molecule has 6 nitrogen and oxygen atoms in total. The number of aryl methyl sites for hydroxylation is 1. The Morgan fingerprint density at radius 3 is 2.81 bits per heavy atom. The van der Waals surface area contributed by atoms with E-state index >= 15 is 0 Å². The van der Waals surface area contributed by atoms with Gasteiger partial charge < -0.3 is 9.64 Å². The first-order chi connectivity index (χ1) is 13.0. The highest BCUT2D eigenvalue weighted by molar-refractivity contribution is 5.75. The van der Waals surface area contributed by atoms with Gasteiger partial charge in [-0.2, -0.15) is 5.10 Å². The van der Waals surface area contributed by atoms with E-state index in [1.54, 1.807) is 0 Å². The Bertz CT molecular complexity index is 617. The van der Waals surface area contributed by atoms with E-state index in [-0.39, 0.29) is 12.0 Å². The lowest BCUT2D eigenvalue weighted by atomic mass is 9.85. The minimum Gasteiger partial charge on any atom is -0.375 e. The Balaban J connectivity index is 1.58. The summed E-state index contributed by atoms with van der Waals surface area (Å²) in [6.45, 7) is 7.32. The number of nitrogens with zero attached hydrogens (tertiary/aromatic N) is 4. The van der Waals surface area contributed by atoms with Gasteiger partial charge in [0.05, 0.1) is 18.4 Å². The highest BCUT2D eigenvalue weighted by atomic mass is 16.5. The molecule has 1 aromatic heterocycles. The number of piperidine rings is 1. The maximum Gasteiger partial charge on any atom is 0.222 e. The van der Waals surface area contributed by atoms with Crippen LogP contribution < -0.4 is 0 Å². The summed E-state index contributed by atoms with van der Waals surface area (Å²) in [5.74, 6) is 0.705. The zero-order valence-corrected chi connectivity index (χ0v) is 17.4. The van der Waals surface area contributed by atoms with Crippen molar-refractivity contribution < 1.29 is 9.53 Å². The molecule has 3 heterocycles. The lowest BCUT2D eigenvalue weighted by Gasteiger charge is -2.42. The van der Waals surface area contributed by atoms with Crippen LogP contribution in [0.3, 0.4) is 0 Å². The zero-order chi connectivity index (χ0) is 19.4. The molecule has 0 aliphatic carbocycles. The van der Waals surface area contributed by atoms with Crippen molar-refractivity contribution in [2.24, 2.45) is 13.0 Å². The van der Waals surface area contributed by atoms with Crippen LogP contribution in [-0.4, -0.2) is 64.4 Å². The second kappa shape index (κ2) is 9.20. The Morgan fingerprint density at radius 1 is 1.37 bits per heavy atom. The van der Waals surface area contributed by atoms with Gasteiger partial charge in [0.15, 0.2) is 0 Å². The highest BCUT2D eigenvalue weighted by Gasteiger charge is 2.34. The normalized spacial score (nSPS) is 29.2. The molecule has 152 valence electrons. The fourth-order valence-corrected chi connectivity index (χ4v) is 4.80. The van der Waals surface area contributed by atoms with E-state index < -0.39 is 0 Å². The molecule has 2 fully saturated rings. The molecule has 0 aromatic carbocycles. The molecule has 2 aliphatic rings. The van der Waals surface area contributed by atoms with Gasteiger partial charge in [-0.3, -0.25) is 14.4 Å². The molecule has 27 heavy (non-hydrogen) atoms. The van der Waals surface area contributed by atoms with Crippen molar-refractivity contribution in [3.05, 3.63) is 18.0 Å². The zero-order valence-electron chi connectivity index (χ0n) is 17.4. The van der Waals surface area contributed by atoms with E-state index in [9.17, 15) is 4.79 Å². The number of carbonyl (C=O) groups excluding carboxylic acids is 1. The molecule has 2 aliphatic heterocycles. The maximum absolute atomic E-state index is 12.7. The molecule has 3 rings (SSSR count). The quantitative estimate of drug-likeness (QED) is 0.734. The monoisotopic (exact) mass is 376 g/mol. The summed E-state index contributed by atoms with van der Waals surface area (Å²) in [4.78, 5) is 17.2. The fraction of sp³-hybridized carbons (Fsp3) is 0.810. The first kappa shape index (κ1) is 20.3. The number of likely N-dealkylation sites (tertiary alicyclic amines) is 1. The average Bonchev–Trinajstić information content (AvgIpc) is 3.27. The number of amides is 1. The van der Waals surface area contributed by atoms with E-state index in [4.69, 9.17) is 4.74 Å². The van der Waals surface area contributed by atoms with Gasteiger partial charge in [0, 0.05) is 44.9 Å². The number of aromatic nitrogens is 2. The second-order valence-corrected chi connectivity index (χ2v) is 8.38. The van der Waals surface area contributed by atoms with Gasteiger partial charge in [-0.15, -0.1) is 0 Å². The van der Waals surface area contributed by atoms with E-state index in [1.807, 2.05) is 29.9 Å². The highest BCUT2D eigenvalue weighted by Crippen LogP contribution is 2.36. The standard InChI is InChI=1S/C21H36N4O2/c1-5-25-12-6-7-17(21(25)18-13-22-24(4)15-18)14-23(3)20(26)11-10-19-9-8-16(2)27-19/h13,15-17,19,21H,5-12,14H2,1-4H3/t16-,17+,19+,21-/m1/s1. The van der Waals surface area contributed by atoms with Crippen molar-refractivity contribution in [3.63, 3.8) is 0 Å². The fourth-order valence-electron chi connectivity index (χ4n) is 4.80. The van der Waals surface area contributed by atoms with Gasteiger partial charge in [0.1, 0.15) is 0 Å².